The van der Waals surface area contributed by atoms with Gasteiger partial charge in [0.25, 0.3) is 0 Å². The Bertz CT molecular complexity index is 600. The van der Waals surface area contributed by atoms with Crippen molar-refractivity contribution in [1.82, 2.24) is 0 Å². The molecular weight excluding hydrogens is 264 g/mol. The third-order valence-corrected chi connectivity index (χ3v) is 4.71. The lowest BCUT2D eigenvalue weighted by atomic mass is 10.1. The van der Waals surface area contributed by atoms with Crippen molar-refractivity contribution in [2.75, 3.05) is 5.75 Å². The first-order valence-corrected chi connectivity index (χ1v) is 7.72. The van der Waals surface area contributed by atoms with Gasteiger partial charge in [0.1, 0.15) is 0 Å². The van der Waals surface area contributed by atoms with Crippen LogP contribution in [0.1, 0.15) is 36.2 Å². The number of hydrogen-bond acceptors (Lipinski definition) is 3. The van der Waals surface area contributed by atoms with Gasteiger partial charge in [0.05, 0.1) is 16.2 Å². The number of benzene rings is 1. The number of rotatable bonds is 6. The molecule has 0 heterocycles. The van der Waals surface area contributed by atoms with Crippen molar-refractivity contribution in [2.45, 2.75) is 31.6 Å². The fourth-order valence-corrected chi connectivity index (χ4v) is 3.19. The number of aromatic carboxylic acids is 1. The second kappa shape index (κ2) is 6.02. The minimum Gasteiger partial charge on any atom is -0.478 e. The van der Waals surface area contributed by atoms with Crippen LogP contribution >= 0.6 is 0 Å². The first-order valence-electron chi connectivity index (χ1n) is 6.07. The highest BCUT2D eigenvalue weighted by Crippen LogP contribution is 2.20. The van der Waals surface area contributed by atoms with Gasteiger partial charge < -0.3 is 5.11 Å². The van der Waals surface area contributed by atoms with E-state index >= 15 is 0 Å². The molecule has 1 aromatic rings. The molecule has 0 aliphatic rings. The predicted molar refractivity (Wildman–Crippen MR) is 74.3 cm³/mol. The average molecular weight is 282 g/mol. The van der Waals surface area contributed by atoms with Crippen molar-refractivity contribution in [3.63, 3.8) is 0 Å². The van der Waals surface area contributed by atoms with Crippen LogP contribution < -0.4 is 0 Å². The van der Waals surface area contributed by atoms with Crippen molar-refractivity contribution in [3.05, 3.63) is 41.5 Å². The fourth-order valence-electron chi connectivity index (χ4n) is 1.71. The van der Waals surface area contributed by atoms with Crippen LogP contribution in [-0.2, 0) is 16.3 Å². The lowest BCUT2D eigenvalue weighted by Crippen LogP contribution is -2.11. The lowest BCUT2D eigenvalue weighted by molar-refractivity contribution is 0.0695. The minimum absolute atomic E-state index is 0.0386. The summed E-state index contributed by atoms with van der Waals surface area (Å²) in [6.45, 7) is 7.34. The number of sulfone groups is 1. The highest BCUT2D eigenvalue weighted by Gasteiger charge is 2.19. The van der Waals surface area contributed by atoms with Crippen molar-refractivity contribution >= 4 is 15.8 Å². The topological polar surface area (TPSA) is 71.4 Å². The zero-order valence-corrected chi connectivity index (χ0v) is 12.0. The van der Waals surface area contributed by atoms with Crippen LogP contribution in [0.2, 0.25) is 0 Å². The molecule has 0 atom stereocenters. The predicted octanol–water partition coefficient (Wildman–Crippen LogP) is 2.69. The summed E-state index contributed by atoms with van der Waals surface area (Å²) in [4.78, 5) is 11.2. The normalized spacial score (nSPS) is 11.3. The highest BCUT2D eigenvalue weighted by atomic mass is 32.2. The van der Waals surface area contributed by atoms with Crippen LogP contribution in [-0.4, -0.2) is 25.2 Å². The Morgan fingerprint density at radius 3 is 2.42 bits per heavy atom. The van der Waals surface area contributed by atoms with Crippen molar-refractivity contribution in [2.24, 2.45) is 0 Å². The maximum Gasteiger partial charge on any atom is 0.336 e. The summed E-state index contributed by atoms with van der Waals surface area (Å²) in [5.41, 5.74) is 1.28. The van der Waals surface area contributed by atoms with Gasteiger partial charge >= 0.3 is 5.97 Å². The van der Waals surface area contributed by atoms with E-state index in [9.17, 15) is 13.2 Å². The van der Waals surface area contributed by atoms with Gasteiger partial charge in [-0.25, -0.2) is 13.2 Å². The largest absolute Gasteiger partial charge is 0.478 e. The van der Waals surface area contributed by atoms with Gasteiger partial charge in [-0.3, -0.25) is 0 Å². The summed E-state index contributed by atoms with van der Waals surface area (Å²) in [6.07, 6.45) is 1.13. The number of hydrogen-bond donors (Lipinski definition) is 1. The van der Waals surface area contributed by atoms with E-state index in [-0.39, 0.29) is 16.2 Å². The maximum atomic E-state index is 12.1. The van der Waals surface area contributed by atoms with Gasteiger partial charge in [-0.15, -0.1) is 0 Å². The van der Waals surface area contributed by atoms with Crippen LogP contribution in [0.5, 0.6) is 0 Å². The Morgan fingerprint density at radius 1 is 1.32 bits per heavy atom. The summed E-state index contributed by atoms with van der Waals surface area (Å²) in [5, 5.41) is 9.10. The van der Waals surface area contributed by atoms with E-state index in [0.717, 1.165) is 0 Å². The molecule has 0 aliphatic heterocycles. The van der Waals surface area contributed by atoms with Crippen LogP contribution in [0.15, 0.2) is 35.2 Å². The van der Waals surface area contributed by atoms with Gasteiger partial charge in [-0.05, 0) is 30.5 Å². The average Bonchev–Trinajstić information content (AvgIpc) is 2.37. The van der Waals surface area contributed by atoms with Crippen molar-refractivity contribution in [3.8, 4) is 0 Å². The van der Waals surface area contributed by atoms with E-state index in [1.165, 1.54) is 12.1 Å². The molecular formula is C14H18O4S. The summed E-state index contributed by atoms with van der Waals surface area (Å²) in [5.74, 6) is -1.25. The first kappa shape index (κ1) is 15.4. The zero-order valence-electron chi connectivity index (χ0n) is 11.1. The number of carboxylic acids is 1. The molecule has 0 saturated carbocycles. The Kier molecular flexibility index (Phi) is 4.89. The number of aryl methyl sites for hydroxylation is 1. The molecule has 1 N–H and O–H groups in total. The summed E-state index contributed by atoms with van der Waals surface area (Å²) in [6, 6.07) is 4.26. The monoisotopic (exact) mass is 282 g/mol. The summed E-state index contributed by atoms with van der Waals surface area (Å²) >= 11 is 0. The second-order valence-corrected chi connectivity index (χ2v) is 6.33. The van der Waals surface area contributed by atoms with E-state index < -0.39 is 15.8 Å². The van der Waals surface area contributed by atoms with Crippen molar-refractivity contribution in [1.29, 1.82) is 0 Å². The molecule has 0 saturated heterocycles. The quantitative estimate of drug-likeness (QED) is 0.814. The second-order valence-electron chi connectivity index (χ2n) is 4.34. The first-order chi connectivity index (χ1) is 8.81. The van der Waals surface area contributed by atoms with E-state index in [1.807, 2.05) is 13.8 Å². The molecule has 5 heteroatoms. The Balaban J connectivity index is 3.25. The van der Waals surface area contributed by atoms with Gasteiger partial charge in [0, 0.05) is 0 Å². The Hall–Kier alpha value is -1.62. The molecule has 0 aromatic heterocycles. The van der Waals surface area contributed by atoms with Gasteiger partial charge in [-0.1, -0.05) is 32.1 Å². The smallest absolute Gasteiger partial charge is 0.336 e. The molecule has 0 bridgehead atoms. The minimum atomic E-state index is -3.52. The van der Waals surface area contributed by atoms with Crippen LogP contribution in [0.25, 0.3) is 0 Å². The van der Waals surface area contributed by atoms with Crippen LogP contribution in [0.3, 0.4) is 0 Å². The van der Waals surface area contributed by atoms with Crippen molar-refractivity contribution < 1.29 is 18.3 Å². The molecule has 1 aromatic carbocycles. The molecule has 0 amide bonds. The molecule has 19 heavy (non-hydrogen) atoms. The van der Waals surface area contributed by atoms with E-state index in [1.54, 1.807) is 6.07 Å². The van der Waals surface area contributed by atoms with Crippen LogP contribution in [0.4, 0.5) is 0 Å². The number of carboxylic acid groups (broad SMARTS) is 1. The molecule has 0 unspecified atom stereocenters. The van der Waals surface area contributed by atoms with Crippen LogP contribution in [0, 0.1) is 0 Å². The maximum absolute atomic E-state index is 12.1. The lowest BCUT2D eigenvalue weighted by Gasteiger charge is -2.09. The van der Waals surface area contributed by atoms with E-state index in [2.05, 4.69) is 6.58 Å². The third kappa shape index (κ3) is 3.67. The highest BCUT2D eigenvalue weighted by molar-refractivity contribution is 7.91. The van der Waals surface area contributed by atoms with Gasteiger partial charge in [-0.2, -0.15) is 0 Å². The summed E-state index contributed by atoms with van der Waals surface area (Å²) in [7, 11) is -3.52. The Labute approximate surface area is 113 Å². The van der Waals surface area contributed by atoms with E-state index in [4.69, 9.17) is 5.11 Å². The number of carbonyl (C=O) groups is 1. The molecule has 0 radical (unpaired) electrons. The molecule has 1 rings (SSSR count). The molecule has 0 fully saturated rings. The third-order valence-electron chi connectivity index (χ3n) is 2.95. The molecule has 0 aliphatic carbocycles. The summed E-state index contributed by atoms with van der Waals surface area (Å²) < 4.78 is 24.2. The molecule has 0 spiro atoms. The Morgan fingerprint density at radius 2 is 1.95 bits per heavy atom. The van der Waals surface area contributed by atoms with Gasteiger partial charge in [0.2, 0.25) is 0 Å². The standard InChI is InChI=1S/C14H18O4S/c1-4-10(3)9-19(17,18)12-7-6-11(5-2)13(8-12)14(15)16/h6-8H,3-5,9H2,1-2H3,(H,15,16). The molecule has 4 nitrogen and oxygen atoms in total. The zero-order chi connectivity index (χ0) is 14.6. The molecule has 104 valence electrons. The SMILES string of the molecule is C=C(CC)CS(=O)(=O)c1ccc(CC)c(C(=O)O)c1. The van der Waals surface area contributed by atoms with Gasteiger partial charge in [0.15, 0.2) is 9.84 Å². The fraction of sp³-hybridized carbons (Fsp3) is 0.357. The van der Waals surface area contributed by atoms with E-state index in [0.29, 0.717) is 24.0 Å².